The van der Waals surface area contributed by atoms with Crippen LogP contribution in [0.3, 0.4) is 0 Å². The molecule has 0 heterocycles. The molecule has 0 saturated heterocycles. The normalized spacial score (nSPS) is 12.2. The van der Waals surface area contributed by atoms with Crippen molar-refractivity contribution in [1.82, 2.24) is 10.6 Å². The summed E-state index contributed by atoms with van der Waals surface area (Å²) >= 11 is 0. The number of nitrogens with two attached hydrogens (primary N) is 1. The third-order valence-corrected chi connectivity index (χ3v) is 4.09. The Kier molecular flexibility index (Phi) is 8.25. The molecule has 0 radical (unpaired) electrons. The zero-order valence-corrected chi connectivity index (χ0v) is 17.9. The molecule has 9 nitrogen and oxygen atoms in total. The van der Waals surface area contributed by atoms with Crippen molar-refractivity contribution in [3.05, 3.63) is 59.7 Å². The average molecular weight is 428 g/mol. The smallest absolute Gasteiger partial charge is 0.326 e. The molecule has 6 N–H and O–H groups in total. The van der Waals surface area contributed by atoms with E-state index in [1.807, 2.05) is 45.0 Å². The number of carbonyl (C=O) groups is 2. The van der Waals surface area contributed by atoms with Crippen LogP contribution in [0.1, 0.15) is 31.9 Å². The van der Waals surface area contributed by atoms with Crippen LogP contribution in [0.4, 0.5) is 10.5 Å². The summed E-state index contributed by atoms with van der Waals surface area (Å²) in [6.07, 6.45) is 1.55. The number of urea groups is 1. The number of anilines is 1. The summed E-state index contributed by atoms with van der Waals surface area (Å²) in [4.78, 5) is 23.5. The number of carboxylic acid groups (broad SMARTS) is 1. The first-order chi connectivity index (χ1) is 14.7. The van der Waals surface area contributed by atoms with Crippen molar-refractivity contribution in [2.45, 2.75) is 45.4 Å². The van der Waals surface area contributed by atoms with Gasteiger partial charge in [-0.15, -0.1) is 0 Å². The lowest BCUT2D eigenvalue weighted by Crippen LogP contribution is -2.52. The van der Waals surface area contributed by atoms with E-state index in [1.165, 1.54) is 6.34 Å². The Bertz CT molecular complexity index is 907. The number of hydrazone groups is 1. The topological polar surface area (TPSA) is 138 Å². The highest BCUT2D eigenvalue weighted by atomic mass is 16.5. The number of rotatable bonds is 9. The second-order valence-corrected chi connectivity index (χ2v) is 8.00. The predicted molar refractivity (Wildman–Crippen MR) is 120 cm³/mol. The van der Waals surface area contributed by atoms with Gasteiger partial charge in [0.1, 0.15) is 24.7 Å². The lowest BCUT2D eigenvalue weighted by Gasteiger charge is -2.23. The molecule has 0 aliphatic rings. The molecule has 0 fully saturated rings. The van der Waals surface area contributed by atoms with Gasteiger partial charge < -0.3 is 31.6 Å². The maximum Gasteiger partial charge on any atom is 0.326 e. The van der Waals surface area contributed by atoms with Crippen LogP contribution < -0.4 is 26.5 Å². The van der Waals surface area contributed by atoms with Gasteiger partial charge in [0, 0.05) is 17.6 Å². The second kappa shape index (κ2) is 10.9. The van der Waals surface area contributed by atoms with Gasteiger partial charge >= 0.3 is 12.0 Å². The highest BCUT2D eigenvalue weighted by Crippen LogP contribution is 2.17. The molecule has 166 valence electrons. The summed E-state index contributed by atoms with van der Waals surface area (Å²) in [5.41, 5.74) is 2.11. The molecule has 0 aromatic heterocycles. The number of benzene rings is 2. The number of hydrogen-bond acceptors (Lipinski definition) is 5. The fraction of sp³-hybridized carbons (Fsp3) is 0.318. The minimum Gasteiger partial charge on any atom is -0.489 e. The Morgan fingerprint density at radius 2 is 1.87 bits per heavy atom. The molecule has 0 aliphatic carbocycles. The quantitative estimate of drug-likeness (QED) is 0.180. The van der Waals surface area contributed by atoms with Gasteiger partial charge in [0.05, 0.1) is 0 Å². The highest BCUT2D eigenvalue weighted by Gasteiger charge is 2.22. The van der Waals surface area contributed by atoms with Crippen LogP contribution >= 0.6 is 0 Å². The van der Waals surface area contributed by atoms with Gasteiger partial charge in [-0.1, -0.05) is 24.3 Å². The van der Waals surface area contributed by atoms with E-state index in [9.17, 15) is 14.7 Å². The van der Waals surface area contributed by atoms with Gasteiger partial charge in [-0.05, 0) is 56.2 Å². The standard InChI is InChI=1S/C22H29N5O4/c1-22(2,3)27-21(30)26-19(20(28)29)12-15-7-9-18(10-8-15)31-13-16-5-4-6-17(11-16)24-14-25-23/h4-11,14,19H,12-13,23H2,1-3H3,(H,24,25)(H,28,29)(H2,26,27,30). The van der Waals surface area contributed by atoms with Crippen molar-refractivity contribution in [2.24, 2.45) is 10.9 Å². The maximum absolute atomic E-state index is 12.0. The molecule has 1 unspecified atom stereocenters. The van der Waals surface area contributed by atoms with Crippen LogP contribution in [0.5, 0.6) is 5.75 Å². The third-order valence-electron chi connectivity index (χ3n) is 4.09. The fourth-order valence-electron chi connectivity index (χ4n) is 2.72. The molecule has 2 aromatic carbocycles. The Morgan fingerprint density at radius 1 is 1.16 bits per heavy atom. The molecular formula is C22H29N5O4. The van der Waals surface area contributed by atoms with Crippen molar-refractivity contribution in [2.75, 3.05) is 5.32 Å². The molecule has 1 atom stereocenters. The monoisotopic (exact) mass is 427 g/mol. The number of nitrogens with zero attached hydrogens (tertiary/aromatic N) is 1. The van der Waals surface area contributed by atoms with Gasteiger partial charge in [0.25, 0.3) is 0 Å². The molecule has 0 aliphatic heterocycles. The molecule has 0 bridgehead atoms. The van der Waals surface area contributed by atoms with Gasteiger partial charge in [-0.25, -0.2) is 9.59 Å². The summed E-state index contributed by atoms with van der Waals surface area (Å²) in [5.74, 6) is 4.63. The van der Waals surface area contributed by atoms with Crippen molar-refractivity contribution in [1.29, 1.82) is 0 Å². The van der Waals surface area contributed by atoms with Crippen molar-refractivity contribution >= 4 is 24.0 Å². The van der Waals surface area contributed by atoms with Crippen LogP contribution in [0, 0.1) is 0 Å². The molecule has 2 amide bonds. The highest BCUT2D eigenvalue weighted by molar-refractivity contribution is 5.83. The van der Waals surface area contributed by atoms with Crippen LogP contribution in [-0.4, -0.2) is 35.0 Å². The van der Waals surface area contributed by atoms with Gasteiger partial charge in [-0.3, -0.25) is 0 Å². The first kappa shape index (κ1) is 23.5. The largest absolute Gasteiger partial charge is 0.489 e. The predicted octanol–water partition coefficient (Wildman–Crippen LogP) is 2.67. The van der Waals surface area contributed by atoms with E-state index in [0.29, 0.717) is 12.4 Å². The summed E-state index contributed by atoms with van der Waals surface area (Å²) in [6, 6.07) is 13.2. The zero-order chi connectivity index (χ0) is 22.9. The lowest BCUT2D eigenvalue weighted by atomic mass is 10.1. The number of nitrogens with one attached hydrogen (secondary N) is 3. The molecule has 9 heteroatoms. The summed E-state index contributed by atoms with van der Waals surface area (Å²) in [5, 5.41) is 21.0. The van der Waals surface area contributed by atoms with E-state index >= 15 is 0 Å². The van der Waals surface area contributed by atoms with Crippen LogP contribution in [0.2, 0.25) is 0 Å². The van der Waals surface area contributed by atoms with E-state index in [-0.39, 0.29) is 6.42 Å². The first-order valence-corrected chi connectivity index (χ1v) is 9.77. The third kappa shape index (κ3) is 8.65. The first-order valence-electron chi connectivity index (χ1n) is 9.77. The van der Waals surface area contributed by atoms with E-state index in [1.54, 1.807) is 24.3 Å². The molecule has 0 saturated carbocycles. The van der Waals surface area contributed by atoms with Gasteiger partial charge in [-0.2, -0.15) is 5.10 Å². The van der Waals surface area contributed by atoms with Crippen molar-refractivity contribution in [3.8, 4) is 5.75 Å². The van der Waals surface area contributed by atoms with E-state index in [2.05, 4.69) is 21.1 Å². The molecule has 31 heavy (non-hydrogen) atoms. The minimum atomic E-state index is -1.10. The van der Waals surface area contributed by atoms with E-state index in [0.717, 1.165) is 16.8 Å². The lowest BCUT2D eigenvalue weighted by molar-refractivity contribution is -0.139. The van der Waals surface area contributed by atoms with E-state index in [4.69, 9.17) is 10.6 Å². The number of amides is 2. The summed E-state index contributed by atoms with van der Waals surface area (Å²) in [6.45, 7) is 5.83. The summed E-state index contributed by atoms with van der Waals surface area (Å²) in [7, 11) is 0. The maximum atomic E-state index is 12.0. The fourth-order valence-corrected chi connectivity index (χ4v) is 2.72. The molecule has 0 spiro atoms. The second-order valence-electron chi connectivity index (χ2n) is 8.00. The number of carboxylic acids is 1. The molecule has 2 aromatic rings. The molecular weight excluding hydrogens is 398 g/mol. The Morgan fingerprint density at radius 3 is 2.48 bits per heavy atom. The number of carbonyl (C=O) groups excluding carboxylic acids is 1. The van der Waals surface area contributed by atoms with Gasteiger partial charge in [0.2, 0.25) is 0 Å². The number of ether oxygens (including phenoxy) is 1. The van der Waals surface area contributed by atoms with E-state index < -0.39 is 23.6 Å². The average Bonchev–Trinajstić information content (AvgIpc) is 2.70. The van der Waals surface area contributed by atoms with Crippen LogP contribution in [0.15, 0.2) is 53.6 Å². The SMILES string of the molecule is CC(C)(C)NC(=O)NC(Cc1ccc(OCc2cccc(NC=NN)c2)cc1)C(=O)O. The van der Waals surface area contributed by atoms with Crippen molar-refractivity contribution in [3.63, 3.8) is 0 Å². The number of aliphatic carboxylic acids is 1. The molecule has 2 rings (SSSR count). The van der Waals surface area contributed by atoms with Gasteiger partial charge in [0.15, 0.2) is 0 Å². The summed E-state index contributed by atoms with van der Waals surface area (Å²) < 4.78 is 5.80. The Balaban J connectivity index is 1.93. The van der Waals surface area contributed by atoms with Crippen LogP contribution in [0.25, 0.3) is 0 Å². The Labute approximate surface area is 181 Å². The van der Waals surface area contributed by atoms with Crippen LogP contribution in [-0.2, 0) is 17.8 Å². The zero-order valence-electron chi connectivity index (χ0n) is 17.9. The number of hydrogen-bond donors (Lipinski definition) is 5. The Hall–Kier alpha value is -3.75. The van der Waals surface area contributed by atoms with Crippen molar-refractivity contribution < 1.29 is 19.4 Å². The minimum absolute atomic E-state index is 0.156.